The zero-order valence-electron chi connectivity index (χ0n) is 6.05. The van der Waals surface area contributed by atoms with Gasteiger partial charge in [-0.3, -0.25) is 0 Å². The van der Waals surface area contributed by atoms with E-state index in [0.29, 0.717) is 13.2 Å². The molecule has 0 radical (unpaired) electrons. The van der Waals surface area contributed by atoms with E-state index in [4.69, 9.17) is 10.6 Å². The normalized spacial score (nSPS) is 11.7. The quantitative estimate of drug-likeness (QED) is 0.347. The molecular formula is C6H14N2O. The minimum Gasteiger partial charge on any atom is -0.396 e. The first-order chi connectivity index (χ1) is 4.31. The third kappa shape index (κ3) is 5.30. The lowest BCUT2D eigenvalue weighted by molar-refractivity contribution is 0.144. The summed E-state index contributed by atoms with van der Waals surface area (Å²) < 4.78 is 0. The summed E-state index contributed by atoms with van der Waals surface area (Å²) in [5.41, 5.74) is 6.08. The van der Waals surface area contributed by atoms with Gasteiger partial charge < -0.3 is 10.6 Å². The first kappa shape index (κ1) is 8.43. The van der Waals surface area contributed by atoms with E-state index in [1.807, 2.05) is 13.8 Å². The van der Waals surface area contributed by atoms with Gasteiger partial charge in [-0.25, -0.2) is 0 Å². The Morgan fingerprint density at radius 3 is 2.78 bits per heavy atom. The van der Waals surface area contributed by atoms with Crippen molar-refractivity contribution < 1.29 is 4.84 Å². The van der Waals surface area contributed by atoms with Crippen molar-refractivity contribution in [3.8, 4) is 0 Å². The number of nitrogens with zero attached hydrogens (tertiary/aromatic N) is 1. The Morgan fingerprint density at radius 2 is 2.33 bits per heavy atom. The van der Waals surface area contributed by atoms with Crippen molar-refractivity contribution >= 4 is 5.71 Å². The Kier molecular flexibility index (Phi) is 5.21. The number of hydrogen-bond donors (Lipinski definition) is 1. The Labute approximate surface area is 55.9 Å². The molecule has 3 nitrogen and oxygen atoms in total. The van der Waals surface area contributed by atoms with Gasteiger partial charge in [0, 0.05) is 6.54 Å². The molecule has 0 aromatic heterocycles. The number of rotatable bonds is 4. The first-order valence-electron chi connectivity index (χ1n) is 3.16. The lowest BCUT2D eigenvalue weighted by Gasteiger charge is -1.95. The average molecular weight is 130 g/mol. The third-order valence-electron chi connectivity index (χ3n) is 0.811. The van der Waals surface area contributed by atoms with E-state index in [1.165, 1.54) is 0 Å². The van der Waals surface area contributed by atoms with Crippen LogP contribution in [0.25, 0.3) is 0 Å². The molecule has 3 heteroatoms. The maximum absolute atomic E-state index is 5.24. The SMILES string of the molecule is CCCON=C(C)CN. The highest BCUT2D eigenvalue weighted by Crippen LogP contribution is 1.81. The van der Waals surface area contributed by atoms with Crippen LogP contribution in [0.4, 0.5) is 0 Å². The van der Waals surface area contributed by atoms with Crippen molar-refractivity contribution in [3.05, 3.63) is 0 Å². The molecule has 54 valence electrons. The summed E-state index contributed by atoms with van der Waals surface area (Å²) in [6.07, 6.45) is 0.987. The first-order valence-corrected chi connectivity index (χ1v) is 3.16. The Hall–Kier alpha value is -0.570. The Balaban J connectivity index is 3.21. The van der Waals surface area contributed by atoms with Crippen LogP contribution in [0.2, 0.25) is 0 Å². The second-order valence-electron chi connectivity index (χ2n) is 1.86. The molecule has 0 fully saturated rings. The minimum absolute atomic E-state index is 0.476. The van der Waals surface area contributed by atoms with Crippen molar-refractivity contribution in [2.45, 2.75) is 20.3 Å². The molecule has 2 N–H and O–H groups in total. The minimum atomic E-state index is 0.476. The Morgan fingerprint density at radius 1 is 1.67 bits per heavy atom. The van der Waals surface area contributed by atoms with E-state index >= 15 is 0 Å². The summed E-state index contributed by atoms with van der Waals surface area (Å²) in [5, 5.41) is 3.72. The molecule has 0 aromatic carbocycles. The van der Waals surface area contributed by atoms with Crippen molar-refractivity contribution in [1.29, 1.82) is 0 Å². The zero-order chi connectivity index (χ0) is 7.11. The van der Waals surface area contributed by atoms with Gasteiger partial charge in [-0.15, -0.1) is 0 Å². The molecule has 0 aromatic rings. The van der Waals surface area contributed by atoms with Gasteiger partial charge in [-0.1, -0.05) is 12.1 Å². The van der Waals surface area contributed by atoms with Crippen LogP contribution in [0.5, 0.6) is 0 Å². The maximum atomic E-state index is 5.24. The van der Waals surface area contributed by atoms with Gasteiger partial charge in [0.15, 0.2) is 0 Å². The van der Waals surface area contributed by atoms with Gasteiger partial charge in [-0.2, -0.15) is 0 Å². The highest BCUT2D eigenvalue weighted by atomic mass is 16.6. The Bertz CT molecular complexity index is 91.1. The van der Waals surface area contributed by atoms with Gasteiger partial charge in [0.05, 0.1) is 5.71 Å². The zero-order valence-corrected chi connectivity index (χ0v) is 6.05. The molecule has 0 atom stereocenters. The van der Waals surface area contributed by atoms with Crippen LogP contribution < -0.4 is 5.73 Å². The van der Waals surface area contributed by atoms with Gasteiger partial charge in [0.2, 0.25) is 0 Å². The van der Waals surface area contributed by atoms with E-state index in [2.05, 4.69) is 5.16 Å². The van der Waals surface area contributed by atoms with Crippen molar-refractivity contribution in [2.24, 2.45) is 10.9 Å². The molecule has 0 bridgehead atoms. The van der Waals surface area contributed by atoms with Gasteiger partial charge >= 0.3 is 0 Å². The average Bonchev–Trinajstić information content (AvgIpc) is 1.89. The lowest BCUT2D eigenvalue weighted by atomic mass is 10.4. The molecule has 9 heavy (non-hydrogen) atoms. The molecule has 0 saturated heterocycles. The molecule has 0 saturated carbocycles. The maximum Gasteiger partial charge on any atom is 0.116 e. The van der Waals surface area contributed by atoms with Crippen LogP contribution in [0.15, 0.2) is 5.16 Å². The van der Waals surface area contributed by atoms with Crippen molar-refractivity contribution in [2.75, 3.05) is 13.2 Å². The third-order valence-corrected chi connectivity index (χ3v) is 0.811. The summed E-state index contributed by atoms with van der Waals surface area (Å²) in [5.74, 6) is 0. The lowest BCUT2D eigenvalue weighted by Crippen LogP contribution is -2.10. The molecule has 0 heterocycles. The summed E-state index contributed by atoms with van der Waals surface area (Å²) in [4.78, 5) is 4.84. The van der Waals surface area contributed by atoms with Gasteiger partial charge in [0.1, 0.15) is 6.61 Å². The van der Waals surface area contributed by atoms with E-state index in [-0.39, 0.29) is 0 Å². The van der Waals surface area contributed by atoms with E-state index < -0.39 is 0 Å². The fraction of sp³-hybridized carbons (Fsp3) is 0.833. The van der Waals surface area contributed by atoms with Crippen LogP contribution in [0.3, 0.4) is 0 Å². The number of nitrogens with two attached hydrogens (primary N) is 1. The molecule has 0 aliphatic carbocycles. The van der Waals surface area contributed by atoms with Crippen molar-refractivity contribution in [3.63, 3.8) is 0 Å². The van der Waals surface area contributed by atoms with Gasteiger partial charge in [-0.05, 0) is 13.3 Å². The second-order valence-corrected chi connectivity index (χ2v) is 1.86. The molecule has 0 amide bonds. The standard InChI is InChI=1S/C6H14N2O/c1-3-4-9-8-6(2)5-7/h3-5,7H2,1-2H3. The number of hydrogen-bond acceptors (Lipinski definition) is 3. The molecule has 0 aliphatic rings. The largest absolute Gasteiger partial charge is 0.396 e. The molecular weight excluding hydrogens is 116 g/mol. The molecule has 0 unspecified atom stereocenters. The summed E-state index contributed by atoms with van der Waals surface area (Å²) in [7, 11) is 0. The summed E-state index contributed by atoms with van der Waals surface area (Å²) >= 11 is 0. The highest BCUT2D eigenvalue weighted by molar-refractivity contribution is 5.83. The second kappa shape index (κ2) is 5.56. The predicted octanol–water partition coefficient (Wildman–Crippen LogP) is 0.748. The van der Waals surface area contributed by atoms with E-state index in [9.17, 15) is 0 Å². The van der Waals surface area contributed by atoms with Crippen molar-refractivity contribution in [1.82, 2.24) is 0 Å². The van der Waals surface area contributed by atoms with Crippen LogP contribution in [0, 0.1) is 0 Å². The predicted molar refractivity (Wildman–Crippen MR) is 38.4 cm³/mol. The van der Waals surface area contributed by atoms with Crippen LogP contribution in [-0.4, -0.2) is 18.9 Å². The van der Waals surface area contributed by atoms with E-state index in [0.717, 1.165) is 12.1 Å². The highest BCUT2D eigenvalue weighted by Gasteiger charge is 1.83. The van der Waals surface area contributed by atoms with Crippen LogP contribution in [-0.2, 0) is 4.84 Å². The molecule has 0 rings (SSSR count). The van der Waals surface area contributed by atoms with Crippen LogP contribution >= 0.6 is 0 Å². The van der Waals surface area contributed by atoms with E-state index in [1.54, 1.807) is 0 Å². The molecule has 0 aliphatic heterocycles. The summed E-state index contributed by atoms with van der Waals surface area (Å²) in [6.45, 7) is 5.03. The topological polar surface area (TPSA) is 47.6 Å². The summed E-state index contributed by atoms with van der Waals surface area (Å²) in [6, 6.07) is 0. The fourth-order valence-corrected chi connectivity index (χ4v) is 0.284. The molecule has 0 spiro atoms. The fourth-order valence-electron chi connectivity index (χ4n) is 0.284. The smallest absolute Gasteiger partial charge is 0.116 e. The van der Waals surface area contributed by atoms with Crippen LogP contribution in [0.1, 0.15) is 20.3 Å². The monoisotopic (exact) mass is 130 g/mol. The van der Waals surface area contributed by atoms with Gasteiger partial charge in [0.25, 0.3) is 0 Å². The number of oxime groups is 1.